The molecule has 4 nitrogen and oxygen atoms in total. The molecule has 116 valence electrons. The average molecular weight is 288 g/mol. The van der Waals surface area contributed by atoms with Crippen LogP contribution in [0, 0.1) is 0 Å². The van der Waals surface area contributed by atoms with Crippen LogP contribution in [0.1, 0.15) is 37.6 Å². The molecule has 0 bridgehead atoms. The summed E-state index contributed by atoms with van der Waals surface area (Å²) in [6, 6.07) is 7.25. The second kappa shape index (κ2) is 7.34. The monoisotopic (exact) mass is 288 g/mol. The summed E-state index contributed by atoms with van der Waals surface area (Å²) in [5.41, 5.74) is 2.39. The van der Waals surface area contributed by atoms with Crippen LogP contribution in [-0.4, -0.2) is 53.5 Å². The van der Waals surface area contributed by atoms with Gasteiger partial charge in [-0.05, 0) is 44.5 Å². The van der Waals surface area contributed by atoms with Gasteiger partial charge in [0.25, 0.3) is 0 Å². The van der Waals surface area contributed by atoms with E-state index in [9.17, 15) is 0 Å². The van der Waals surface area contributed by atoms with Gasteiger partial charge in [-0.3, -0.25) is 14.8 Å². The Balaban J connectivity index is 1.53. The Hall–Kier alpha value is -0.970. The van der Waals surface area contributed by atoms with Gasteiger partial charge in [0, 0.05) is 38.8 Å². The molecule has 3 rings (SSSR count). The van der Waals surface area contributed by atoms with Crippen molar-refractivity contribution in [3.63, 3.8) is 0 Å². The van der Waals surface area contributed by atoms with Crippen molar-refractivity contribution in [3.05, 3.63) is 29.6 Å². The molecule has 1 aromatic rings. The molecule has 2 aliphatic heterocycles. The molecule has 1 aromatic heterocycles. The first kappa shape index (κ1) is 14.9. The summed E-state index contributed by atoms with van der Waals surface area (Å²) in [6.45, 7) is 10.1. The Morgan fingerprint density at radius 2 is 2.14 bits per heavy atom. The fourth-order valence-electron chi connectivity index (χ4n) is 3.54. The highest BCUT2D eigenvalue weighted by atomic mass is 15.3. The van der Waals surface area contributed by atoms with Crippen LogP contribution in [0.3, 0.4) is 0 Å². The van der Waals surface area contributed by atoms with E-state index in [1.54, 1.807) is 0 Å². The topological polar surface area (TPSA) is 31.4 Å². The van der Waals surface area contributed by atoms with Crippen molar-refractivity contribution < 1.29 is 0 Å². The van der Waals surface area contributed by atoms with Gasteiger partial charge in [0.2, 0.25) is 0 Å². The number of pyridine rings is 1. The van der Waals surface area contributed by atoms with E-state index in [4.69, 9.17) is 4.98 Å². The van der Waals surface area contributed by atoms with E-state index in [1.165, 1.54) is 56.8 Å². The van der Waals surface area contributed by atoms with E-state index in [1.807, 2.05) is 0 Å². The molecule has 1 unspecified atom stereocenters. The third-order valence-electron chi connectivity index (χ3n) is 4.65. The maximum Gasteiger partial charge on any atom is 0.0547 e. The summed E-state index contributed by atoms with van der Waals surface area (Å²) < 4.78 is 0. The number of nitrogens with one attached hydrogen (secondary N) is 1. The number of nitrogens with zero attached hydrogens (tertiary/aromatic N) is 3. The van der Waals surface area contributed by atoms with E-state index < -0.39 is 0 Å². The largest absolute Gasteiger partial charge is 0.311 e. The molecule has 21 heavy (non-hydrogen) atoms. The van der Waals surface area contributed by atoms with Crippen molar-refractivity contribution in [2.45, 2.75) is 45.3 Å². The molecule has 0 radical (unpaired) electrons. The van der Waals surface area contributed by atoms with Crippen LogP contribution in [0.4, 0.5) is 0 Å². The van der Waals surface area contributed by atoms with Crippen LogP contribution in [0.15, 0.2) is 18.2 Å². The summed E-state index contributed by atoms with van der Waals surface area (Å²) in [5.74, 6) is 0. The van der Waals surface area contributed by atoms with Crippen LogP contribution < -0.4 is 5.32 Å². The molecule has 0 aliphatic carbocycles. The number of hydrogen-bond donors (Lipinski definition) is 1. The fraction of sp³-hybridized carbons (Fsp3) is 0.706. The molecule has 2 aliphatic rings. The van der Waals surface area contributed by atoms with Gasteiger partial charge >= 0.3 is 0 Å². The van der Waals surface area contributed by atoms with Crippen molar-refractivity contribution in [1.82, 2.24) is 20.1 Å². The van der Waals surface area contributed by atoms with Gasteiger partial charge in [-0.1, -0.05) is 13.0 Å². The fourth-order valence-corrected chi connectivity index (χ4v) is 3.54. The lowest BCUT2D eigenvalue weighted by atomic mass is 10.1. The molecule has 2 fully saturated rings. The van der Waals surface area contributed by atoms with Gasteiger partial charge < -0.3 is 5.32 Å². The minimum atomic E-state index is 0.799. The van der Waals surface area contributed by atoms with E-state index in [2.05, 4.69) is 40.2 Å². The highest BCUT2D eigenvalue weighted by molar-refractivity contribution is 5.11. The zero-order chi connectivity index (χ0) is 14.5. The van der Waals surface area contributed by atoms with Crippen LogP contribution >= 0.6 is 0 Å². The molecular weight excluding hydrogens is 260 g/mol. The Morgan fingerprint density at radius 3 is 3.05 bits per heavy atom. The molecule has 0 amide bonds. The number of aromatic nitrogens is 1. The molecule has 2 saturated heterocycles. The standard InChI is InChI=1S/C17H28N4/c1-2-8-18-12-15-5-3-6-16(19-15)13-20-10-11-21-9-4-7-17(21)14-20/h3,5-6,17-18H,2,4,7-14H2,1H3. The smallest absolute Gasteiger partial charge is 0.0547 e. The van der Waals surface area contributed by atoms with Gasteiger partial charge in [0.05, 0.1) is 11.4 Å². The van der Waals surface area contributed by atoms with E-state index in [-0.39, 0.29) is 0 Å². The molecule has 1 atom stereocenters. The second-order valence-electron chi connectivity index (χ2n) is 6.36. The Kier molecular flexibility index (Phi) is 5.22. The molecule has 0 saturated carbocycles. The molecule has 1 N–H and O–H groups in total. The summed E-state index contributed by atoms with van der Waals surface area (Å²) >= 11 is 0. The predicted molar refractivity (Wildman–Crippen MR) is 86.1 cm³/mol. The maximum absolute atomic E-state index is 4.81. The molecule has 4 heteroatoms. The summed E-state index contributed by atoms with van der Waals surface area (Å²) in [6.07, 6.45) is 3.94. The quantitative estimate of drug-likeness (QED) is 0.810. The zero-order valence-corrected chi connectivity index (χ0v) is 13.2. The minimum Gasteiger partial charge on any atom is -0.311 e. The Bertz CT molecular complexity index is 448. The van der Waals surface area contributed by atoms with E-state index in [0.29, 0.717) is 0 Å². The lowest BCUT2D eigenvalue weighted by Crippen LogP contribution is -2.49. The molecule has 3 heterocycles. The second-order valence-corrected chi connectivity index (χ2v) is 6.36. The molecule has 0 spiro atoms. The highest BCUT2D eigenvalue weighted by Crippen LogP contribution is 2.22. The Labute approximate surface area is 128 Å². The third kappa shape index (κ3) is 4.02. The van der Waals surface area contributed by atoms with Gasteiger partial charge in [-0.2, -0.15) is 0 Å². The van der Waals surface area contributed by atoms with Crippen LogP contribution in [0.25, 0.3) is 0 Å². The average Bonchev–Trinajstić information content (AvgIpc) is 2.95. The lowest BCUT2D eigenvalue weighted by Gasteiger charge is -2.37. The van der Waals surface area contributed by atoms with Crippen molar-refractivity contribution in [3.8, 4) is 0 Å². The van der Waals surface area contributed by atoms with Crippen molar-refractivity contribution in [1.29, 1.82) is 0 Å². The maximum atomic E-state index is 4.81. The van der Waals surface area contributed by atoms with Gasteiger partial charge in [0.15, 0.2) is 0 Å². The number of fused-ring (bicyclic) bond motifs is 1. The molecule has 0 aromatic carbocycles. The van der Waals surface area contributed by atoms with Crippen LogP contribution in [0.5, 0.6) is 0 Å². The first-order valence-corrected chi connectivity index (χ1v) is 8.47. The number of hydrogen-bond acceptors (Lipinski definition) is 4. The van der Waals surface area contributed by atoms with Crippen molar-refractivity contribution >= 4 is 0 Å². The third-order valence-corrected chi connectivity index (χ3v) is 4.65. The normalized spacial score (nSPS) is 23.4. The lowest BCUT2D eigenvalue weighted by molar-refractivity contribution is 0.0984. The number of rotatable bonds is 6. The van der Waals surface area contributed by atoms with Gasteiger partial charge in [-0.25, -0.2) is 0 Å². The Morgan fingerprint density at radius 1 is 1.24 bits per heavy atom. The van der Waals surface area contributed by atoms with Crippen molar-refractivity contribution in [2.75, 3.05) is 32.7 Å². The van der Waals surface area contributed by atoms with Gasteiger partial charge in [0.1, 0.15) is 0 Å². The molecular formula is C17H28N4. The number of piperazine rings is 1. The van der Waals surface area contributed by atoms with Crippen LogP contribution in [-0.2, 0) is 13.1 Å². The summed E-state index contributed by atoms with van der Waals surface area (Å²) in [5, 5.41) is 3.43. The van der Waals surface area contributed by atoms with Crippen molar-refractivity contribution in [2.24, 2.45) is 0 Å². The predicted octanol–water partition coefficient (Wildman–Crippen LogP) is 1.86. The van der Waals surface area contributed by atoms with Crippen LogP contribution in [0.2, 0.25) is 0 Å². The SMILES string of the molecule is CCCNCc1cccc(CN2CCN3CCCC3C2)n1. The van der Waals surface area contributed by atoms with E-state index in [0.717, 1.165) is 25.7 Å². The highest BCUT2D eigenvalue weighted by Gasteiger charge is 2.30. The zero-order valence-electron chi connectivity index (χ0n) is 13.2. The first-order chi connectivity index (χ1) is 10.3. The summed E-state index contributed by atoms with van der Waals surface area (Å²) in [7, 11) is 0. The first-order valence-electron chi connectivity index (χ1n) is 8.47. The summed E-state index contributed by atoms with van der Waals surface area (Å²) in [4.78, 5) is 10.0. The van der Waals surface area contributed by atoms with Gasteiger partial charge in [-0.15, -0.1) is 0 Å². The van der Waals surface area contributed by atoms with E-state index >= 15 is 0 Å². The minimum absolute atomic E-state index is 0.799.